The van der Waals surface area contributed by atoms with Crippen LogP contribution in [0.2, 0.25) is 0 Å². The first-order valence-corrected chi connectivity index (χ1v) is 3.20. The van der Waals surface area contributed by atoms with Gasteiger partial charge < -0.3 is 0 Å². The highest BCUT2D eigenvalue weighted by Crippen LogP contribution is 2.11. The molecule has 0 N–H and O–H groups in total. The van der Waals surface area contributed by atoms with E-state index < -0.39 is 0 Å². The van der Waals surface area contributed by atoms with Crippen LogP contribution in [0.15, 0.2) is 22.7 Å². The minimum atomic E-state index is -0.288. The number of rotatable bonds is 0. The summed E-state index contributed by atoms with van der Waals surface area (Å²) in [6.45, 7) is 0. The van der Waals surface area contributed by atoms with Gasteiger partial charge in [-0.15, -0.1) is 0 Å². The summed E-state index contributed by atoms with van der Waals surface area (Å²) in [6.07, 6.45) is 0. The topological polar surface area (TPSA) is 0 Å². The Hall–Kier alpha value is -0.305. The molecule has 0 aliphatic heterocycles. The molecular weight excluding hydrogens is 182 g/mol. The first-order valence-electron chi connectivity index (χ1n) is 2.40. The lowest BCUT2D eigenvalue weighted by Gasteiger charge is -1.93. The van der Waals surface area contributed by atoms with E-state index in [2.05, 4.69) is 15.9 Å². The molecule has 0 aliphatic carbocycles. The van der Waals surface area contributed by atoms with Crippen molar-refractivity contribution in [2.75, 3.05) is 0 Å². The maximum absolute atomic E-state index is 12.4. The van der Waals surface area contributed by atoms with Gasteiger partial charge in [-0.3, -0.25) is 0 Å². The van der Waals surface area contributed by atoms with Crippen molar-refractivity contribution in [1.82, 2.24) is 0 Å². The van der Waals surface area contributed by atoms with Gasteiger partial charge in [0.15, 0.2) is 0 Å². The van der Waals surface area contributed by atoms with E-state index in [0.29, 0.717) is 9.94 Å². The smallest absolute Gasteiger partial charge is 0.137 e. The molecule has 9 heavy (non-hydrogen) atoms. The van der Waals surface area contributed by atoms with E-state index in [1.54, 1.807) is 0 Å². The third kappa shape index (κ3) is 1.55. The Balaban J connectivity index is 3.17. The van der Waals surface area contributed by atoms with Crippen LogP contribution in [0.3, 0.4) is 0 Å². The summed E-state index contributed by atoms with van der Waals surface area (Å²) in [5.41, 5.74) is 0.559. The quantitative estimate of drug-likeness (QED) is 0.535. The SMILES string of the molecule is [B]c1ccc(F)c(Br)c1. The van der Waals surface area contributed by atoms with E-state index in [0.717, 1.165) is 0 Å². The van der Waals surface area contributed by atoms with E-state index in [-0.39, 0.29) is 5.82 Å². The van der Waals surface area contributed by atoms with Crippen LogP contribution in [-0.4, -0.2) is 7.85 Å². The molecule has 0 saturated carbocycles. The van der Waals surface area contributed by atoms with Crippen LogP contribution < -0.4 is 5.46 Å². The largest absolute Gasteiger partial charge is 0.206 e. The second-order valence-corrected chi connectivity index (χ2v) is 2.53. The molecule has 0 nitrogen and oxygen atoms in total. The van der Waals surface area contributed by atoms with Gasteiger partial charge in [-0.1, -0.05) is 17.6 Å². The van der Waals surface area contributed by atoms with Gasteiger partial charge in [0.2, 0.25) is 0 Å². The van der Waals surface area contributed by atoms with Gasteiger partial charge in [-0.2, -0.15) is 0 Å². The summed E-state index contributed by atoms with van der Waals surface area (Å²) in [7, 11) is 5.33. The van der Waals surface area contributed by atoms with Crippen LogP contribution in [0, 0.1) is 5.82 Å². The highest BCUT2D eigenvalue weighted by atomic mass is 79.9. The Morgan fingerprint density at radius 1 is 1.44 bits per heavy atom. The van der Waals surface area contributed by atoms with Crippen LogP contribution in [0.5, 0.6) is 0 Å². The third-order valence-electron chi connectivity index (χ3n) is 0.944. The van der Waals surface area contributed by atoms with Crippen LogP contribution in [0.25, 0.3) is 0 Å². The highest BCUT2D eigenvalue weighted by molar-refractivity contribution is 9.10. The molecule has 0 aliphatic rings. The van der Waals surface area contributed by atoms with Crippen molar-refractivity contribution in [3.63, 3.8) is 0 Å². The number of hydrogen-bond donors (Lipinski definition) is 0. The Morgan fingerprint density at radius 3 is 2.56 bits per heavy atom. The Morgan fingerprint density at radius 2 is 2.11 bits per heavy atom. The molecule has 0 aromatic heterocycles. The predicted molar refractivity (Wildman–Crippen MR) is 39.5 cm³/mol. The lowest BCUT2D eigenvalue weighted by atomic mass is 9.97. The zero-order valence-corrected chi connectivity index (χ0v) is 6.15. The molecule has 1 aromatic carbocycles. The number of benzene rings is 1. The van der Waals surface area contributed by atoms with E-state index >= 15 is 0 Å². The van der Waals surface area contributed by atoms with Gasteiger partial charge in [0.05, 0.1) is 4.47 Å². The monoisotopic (exact) mass is 184 g/mol. The fraction of sp³-hybridized carbons (Fsp3) is 0. The molecule has 44 valence electrons. The molecule has 0 atom stereocenters. The molecule has 0 fully saturated rings. The molecule has 3 heteroatoms. The van der Waals surface area contributed by atoms with Gasteiger partial charge in [0.1, 0.15) is 13.7 Å². The first kappa shape index (κ1) is 6.81. The van der Waals surface area contributed by atoms with Crippen LogP contribution in [-0.2, 0) is 0 Å². The molecule has 0 unspecified atom stereocenters. The van der Waals surface area contributed by atoms with Crippen molar-refractivity contribution in [1.29, 1.82) is 0 Å². The summed E-state index contributed by atoms with van der Waals surface area (Å²) in [5.74, 6) is -0.288. The third-order valence-corrected chi connectivity index (χ3v) is 1.55. The minimum Gasteiger partial charge on any atom is -0.206 e. The number of halogens is 2. The maximum Gasteiger partial charge on any atom is 0.137 e. The predicted octanol–water partition coefficient (Wildman–Crippen LogP) is 1.38. The second-order valence-electron chi connectivity index (χ2n) is 1.67. The molecule has 0 bridgehead atoms. The molecule has 0 spiro atoms. The summed E-state index contributed by atoms with van der Waals surface area (Å²) in [5, 5.41) is 0. The highest BCUT2D eigenvalue weighted by Gasteiger charge is 1.94. The van der Waals surface area contributed by atoms with Crippen molar-refractivity contribution >= 4 is 29.2 Å². The van der Waals surface area contributed by atoms with Crippen LogP contribution in [0.4, 0.5) is 4.39 Å². The van der Waals surface area contributed by atoms with E-state index in [9.17, 15) is 4.39 Å². The lowest BCUT2D eigenvalue weighted by Crippen LogP contribution is -2.00. The van der Waals surface area contributed by atoms with Gasteiger partial charge >= 0.3 is 0 Å². The molecule has 0 heterocycles. The van der Waals surface area contributed by atoms with Crippen LogP contribution in [0.1, 0.15) is 0 Å². The molecule has 0 amide bonds. The van der Waals surface area contributed by atoms with E-state index in [1.807, 2.05) is 0 Å². The summed E-state index contributed by atoms with van der Waals surface area (Å²) in [6, 6.07) is 4.36. The van der Waals surface area contributed by atoms with Gasteiger partial charge in [-0.25, -0.2) is 4.39 Å². The van der Waals surface area contributed by atoms with Crippen molar-refractivity contribution in [2.24, 2.45) is 0 Å². The van der Waals surface area contributed by atoms with Crippen molar-refractivity contribution in [3.8, 4) is 0 Å². The Bertz CT molecular complexity index is 224. The number of hydrogen-bond acceptors (Lipinski definition) is 0. The van der Waals surface area contributed by atoms with E-state index in [4.69, 9.17) is 7.85 Å². The van der Waals surface area contributed by atoms with Crippen molar-refractivity contribution in [3.05, 3.63) is 28.5 Å². The zero-order valence-electron chi connectivity index (χ0n) is 4.57. The lowest BCUT2D eigenvalue weighted by molar-refractivity contribution is 0.621. The Labute approximate surface area is 62.6 Å². The Kier molecular flexibility index (Phi) is 1.91. The normalized spacial score (nSPS) is 9.56. The van der Waals surface area contributed by atoms with Crippen LogP contribution >= 0.6 is 15.9 Å². The zero-order chi connectivity index (χ0) is 6.85. The van der Waals surface area contributed by atoms with Gasteiger partial charge in [-0.05, 0) is 22.0 Å². The molecular formula is C6H3BBrF. The average molecular weight is 185 g/mol. The van der Waals surface area contributed by atoms with Crippen molar-refractivity contribution < 1.29 is 4.39 Å². The van der Waals surface area contributed by atoms with Crippen molar-refractivity contribution in [2.45, 2.75) is 0 Å². The summed E-state index contributed by atoms with van der Waals surface area (Å²) < 4.78 is 12.8. The van der Waals surface area contributed by atoms with Gasteiger partial charge in [0, 0.05) is 0 Å². The molecule has 0 saturated heterocycles. The average Bonchev–Trinajstić information content (AvgIpc) is 1.80. The first-order chi connectivity index (χ1) is 4.20. The molecule has 1 aromatic rings. The van der Waals surface area contributed by atoms with E-state index in [1.165, 1.54) is 18.2 Å². The fourth-order valence-electron chi connectivity index (χ4n) is 0.512. The molecule has 1 rings (SSSR count). The summed E-state index contributed by atoms with van der Waals surface area (Å²) in [4.78, 5) is 0. The molecule has 2 radical (unpaired) electrons. The van der Waals surface area contributed by atoms with Gasteiger partial charge in [0.25, 0.3) is 0 Å². The standard InChI is InChI=1S/C6H3BBrF/c7-4-1-2-6(9)5(8)3-4/h1-3H. The fourth-order valence-corrected chi connectivity index (χ4v) is 0.909. The minimum absolute atomic E-state index is 0.288. The summed E-state index contributed by atoms with van der Waals surface area (Å²) >= 11 is 2.99. The maximum atomic E-state index is 12.4. The second kappa shape index (κ2) is 2.52.